The van der Waals surface area contributed by atoms with E-state index in [0.717, 1.165) is 41.5 Å². The molecule has 1 fully saturated rings. The molecule has 186 valence electrons. The van der Waals surface area contributed by atoms with E-state index in [1.165, 1.54) is 4.90 Å². The summed E-state index contributed by atoms with van der Waals surface area (Å²) in [6.07, 6.45) is 2.83. The Labute approximate surface area is 206 Å². The van der Waals surface area contributed by atoms with Crippen molar-refractivity contribution in [1.82, 2.24) is 10.2 Å². The van der Waals surface area contributed by atoms with Gasteiger partial charge in [-0.1, -0.05) is 67.8 Å². The Morgan fingerprint density at radius 1 is 1.00 bits per heavy atom. The first-order valence-corrected chi connectivity index (χ1v) is 12.3. The van der Waals surface area contributed by atoms with Crippen LogP contribution in [-0.4, -0.2) is 53.7 Å². The zero-order valence-corrected chi connectivity index (χ0v) is 20.7. The van der Waals surface area contributed by atoms with Crippen molar-refractivity contribution in [1.29, 1.82) is 0 Å². The monoisotopic (exact) mass is 478 g/mol. The van der Waals surface area contributed by atoms with Gasteiger partial charge in [-0.25, -0.2) is 9.59 Å². The lowest BCUT2D eigenvalue weighted by Gasteiger charge is -2.43. The molecule has 0 atom stereocenters. The van der Waals surface area contributed by atoms with Crippen LogP contribution in [0.4, 0.5) is 4.79 Å². The molecule has 0 unspecified atom stereocenters. The highest BCUT2D eigenvalue weighted by Gasteiger charge is 2.48. The van der Waals surface area contributed by atoms with E-state index in [9.17, 15) is 19.5 Å². The second-order valence-electron chi connectivity index (χ2n) is 10.3. The lowest BCUT2D eigenvalue weighted by molar-refractivity contribution is -0.164. The number of carboxylic acids is 1. The van der Waals surface area contributed by atoms with Crippen molar-refractivity contribution in [3.8, 4) is 11.1 Å². The summed E-state index contributed by atoms with van der Waals surface area (Å²) in [5, 5.41) is 12.6. The second kappa shape index (κ2) is 9.72. The van der Waals surface area contributed by atoms with Crippen LogP contribution in [0.1, 0.15) is 63.0 Å². The van der Waals surface area contributed by atoms with E-state index in [-0.39, 0.29) is 25.0 Å². The minimum absolute atomic E-state index is 0.0442. The number of hydrogen-bond donors (Lipinski definition) is 2. The van der Waals surface area contributed by atoms with Crippen LogP contribution in [-0.2, 0) is 14.3 Å². The van der Waals surface area contributed by atoms with Gasteiger partial charge < -0.3 is 20.1 Å². The molecule has 7 nitrogen and oxygen atoms in total. The van der Waals surface area contributed by atoms with Gasteiger partial charge in [0.15, 0.2) is 0 Å². The lowest BCUT2D eigenvalue weighted by atomic mass is 9.78. The summed E-state index contributed by atoms with van der Waals surface area (Å²) in [4.78, 5) is 39.4. The standard InChI is InChI=1S/C28H34N2O5/c1-27(2,24(31)30(3)28(25(32)33)15-9-4-10-16-28)18-29-26(34)35-17-23-21-13-7-5-11-19(21)20-12-6-8-14-22(20)23/h5-8,11-14,23H,4,9-10,15-18H2,1-3H3,(H,29,34)(H,32,33). The minimum atomic E-state index is -1.18. The SMILES string of the molecule is CN(C(=O)C(C)(C)CNC(=O)OCC1c2ccccc2-c2ccccc21)C1(C(=O)O)CCCCC1. The topological polar surface area (TPSA) is 95.9 Å². The molecule has 2 amide bonds. The van der Waals surface area contributed by atoms with E-state index >= 15 is 0 Å². The zero-order valence-electron chi connectivity index (χ0n) is 20.7. The molecule has 0 radical (unpaired) electrons. The summed E-state index contributed by atoms with van der Waals surface area (Å²) in [6, 6.07) is 16.2. The summed E-state index contributed by atoms with van der Waals surface area (Å²) in [5.41, 5.74) is 2.40. The second-order valence-corrected chi connectivity index (χ2v) is 10.3. The number of rotatable bonds is 7. The average Bonchev–Trinajstić information content (AvgIpc) is 3.19. The quantitative estimate of drug-likeness (QED) is 0.596. The highest BCUT2D eigenvalue weighted by atomic mass is 16.5. The molecule has 2 aliphatic carbocycles. The maximum atomic E-state index is 13.3. The molecule has 0 aliphatic heterocycles. The first-order valence-electron chi connectivity index (χ1n) is 12.3. The number of ether oxygens (including phenoxy) is 1. The fraction of sp³-hybridized carbons (Fsp3) is 0.464. The molecule has 2 aromatic carbocycles. The predicted molar refractivity (Wildman–Crippen MR) is 133 cm³/mol. The molecule has 1 saturated carbocycles. The van der Waals surface area contributed by atoms with E-state index < -0.39 is 23.0 Å². The molecular formula is C28H34N2O5. The number of likely N-dealkylation sites (N-methyl/N-ethyl adjacent to an activating group) is 1. The fourth-order valence-corrected chi connectivity index (χ4v) is 5.50. The number of alkyl carbamates (subject to hydrolysis) is 1. The maximum Gasteiger partial charge on any atom is 0.407 e. The predicted octanol–water partition coefficient (Wildman–Crippen LogP) is 4.80. The third-order valence-electron chi connectivity index (χ3n) is 7.62. The number of carboxylic acid groups (broad SMARTS) is 1. The Balaban J connectivity index is 1.37. The smallest absolute Gasteiger partial charge is 0.407 e. The third-order valence-corrected chi connectivity index (χ3v) is 7.62. The molecule has 2 aromatic rings. The molecule has 0 saturated heterocycles. The van der Waals surface area contributed by atoms with Crippen LogP contribution in [0.5, 0.6) is 0 Å². The minimum Gasteiger partial charge on any atom is -0.479 e. The van der Waals surface area contributed by atoms with Gasteiger partial charge in [0.05, 0.1) is 5.41 Å². The van der Waals surface area contributed by atoms with E-state index in [0.29, 0.717) is 12.8 Å². The largest absolute Gasteiger partial charge is 0.479 e. The Bertz CT molecular complexity index is 1070. The number of nitrogens with zero attached hydrogens (tertiary/aromatic N) is 1. The third kappa shape index (κ3) is 4.64. The van der Waals surface area contributed by atoms with Gasteiger partial charge in [0.2, 0.25) is 5.91 Å². The summed E-state index contributed by atoms with van der Waals surface area (Å²) >= 11 is 0. The summed E-state index contributed by atoms with van der Waals surface area (Å²) < 4.78 is 5.58. The number of benzene rings is 2. The Morgan fingerprint density at radius 3 is 2.09 bits per heavy atom. The molecule has 0 heterocycles. The number of carbonyl (C=O) groups is 3. The van der Waals surface area contributed by atoms with Crippen molar-refractivity contribution in [2.24, 2.45) is 5.41 Å². The number of carbonyl (C=O) groups excluding carboxylic acids is 2. The number of hydrogen-bond acceptors (Lipinski definition) is 4. The Kier molecular flexibility index (Phi) is 6.88. The highest BCUT2D eigenvalue weighted by Crippen LogP contribution is 2.44. The van der Waals surface area contributed by atoms with Crippen LogP contribution in [0.2, 0.25) is 0 Å². The van der Waals surface area contributed by atoms with Crippen LogP contribution >= 0.6 is 0 Å². The maximum absolute atomic E-state index is 13.3. The fourth-order valence-electron chi connectivity index (χ4n) is 5.50. The molecule has 2 aliphatic rings. The molecule has 0 aromatic heterocycles. The van der Waals surface area contributed by atoms with Gasteiger partial charge in [0.1, 0.15) is 12.1 Å². The summed E-state index contributed by atoms with van der Waals surface area (Å²) in [7, 11) is 1.57. The summed E-state index contributed by atoms with van der Waals surface area (Å²) in [5.74, 6) is -1.32. The van der Waals surface area contributed by atoms with Crippen molar-refractivity contribution < 1.29 is 24.2 Å². The van der Waals surface area contributed by atoms with E-state index in [1.807, 2.05) is 24.3 Å². The van der Waals surface area contributed by atoms with Crippen molar-refractivity contribution >= 4 is 18.0 Å². The Morgan fingerprint density at radius 2 is 1.54 bits per heavy atom. The highest BCUT2D eigenvalue weighted by molar-refractivity contribution is 5.90. The van der Waals surface area contributed by atoms with Gasteiger partial charge in [-0.2, -0.15) is 0 Å². The van der Waals surface area contributed by atoms with Crippen LogP contribution < -0.4 is 5.32 Å². The Hall–Kier alpha value is -3.35. The van der Waals surface area contributed by atoms with E-state index in [2.05, 4.69) is 29.6 Å². The molecule has 2 N–H and O–H groups in total. The molecule has 35 heavy (non-hydrogen) atoms. The molecule has 7 heteroatoms. The molecule has 0 spiro atoms. The first-order chi connectivity index (χ1) is 16.7. The number of nitrogens with one attached hydrogen (secondary N) is 1. The summed E-state index contributed by atoms with van der Waals surface area (Å²) in [6.45, 7) is 3.67. The van der Waals surface area contributed by atoms with Crippen molar-refractivity contribution in [3.05, 3.63) is 59.7 Å². The van der Waals surface area contributed by atoms with Crippen molar-refractivity contribution in [2.75, 3.05) is 20.2 Å². The number of amides is 2. The number of fused-ring (bicyclic) bond motifs is 3. The molecule has 4 rings (SSSR count). The van der Waals surface area contributed by atoms with Gasteiger partial charge in [-0.15, -0.1) is 0 Å². The first kappa shape index (κ1) is 24.8. The van der Waals surface area contributed by atoms with Crippen molar-refractivity contribution in [2.45, 2.75) is 57.4 Å². The average molecular weight is 479 g/mol. The lowest BCUT2D eigenvalue weighted by Crippen LogP contribution is -2.60. The number of aliphatic carboxylic acids is 1. The van der Waals surface area contributed by atoms with Gasteiger partial charge in [0.25, 0.3) is 0 Å². The van der Waals surface area contributed by atoms with E-state index in [4.69, 9.17) is 4.74 Å². The van der Waals surface area contributed by atoms with Gasteiger partial charge in [0, 0.05) is 19.5 Å². The van der Waals surface area contributed by atoms with Gasteiger partial charge in [-0.05, 0) is 48.9 Å². The normalized spacial score (nSPS) is 16.7. The zero-order chi connectivity index (χ0) is 25.2. The van der Waals surface area contributed by atoms with E-state index in [1.54, 1.807) is 20.9 Å². The van der Waals surface area contributed by atoms with Crippen molar-refractivity contribution in [3.63, 3.8) is 0 Å². The van der Waals surface area contributed by atoms with Crippen LogP contribution in [0.3, 0.4) is 0 Å². The van der Waals surface area contributed by atoms with Gasteiger partial charge >= 0.3 is 12.1 Å². The molecule has 0 bridgehead atoms. The van der Waals surface area contributed by atoms with Gasteiger partial charge in [-0.3, -0.25) is 4.79 Å². The van der Waals surface area contributed by atoms with Crippen LogP contribution in [0.25, 0.3) is 11.1 Å². The molecular weight excluding hydrogens is 444 g/mol. The van der Waals surface area contributed by atoms with Crippen LogP contribution in [0, 0.1) is 5.41 Å². The van der Waals surface area contributed by atoms with Crippen LogP contribution in [0.15, 0.2) is 48.5 Å².